The van der Waals surface area contributed by atoms with Crippen molar-refractivity contribution in [2.24, 2.45) is 11.5 Å². The molecule has 36 heavy (non-hydrogen) atoms. The van der Waals surface area contributed by atoms with Gasteiger partial charge in [0, 0.05) is 19.0 Å². The molecule has 0 heterocycles. The van der Waals surface area contributed by atoms with E-state index in [4.69, 9.17) is 20.9 Å². The highest BCUT2D eigenvalue weighted by molar-refractivity contribution is 5.86. The predicted molar refractivity (Wildman–Crippen MR) is 139 cm³/mol. The Labute approximate surface area is 213 Å². The van der Waals surface area contributed by atoms with Gasteiger partial charge in [-0.05, 0) is 25.0 Å². The van der Waals surface area contributed by atoms with E-state index in [9.17, 15) is 14.7 Å². The van der Waals surface area contributed by atoms with Gasteiger partial charge in [-0.25, -0.2) is 0 Å². The number of amides is 2. The summed E-state index contributed by atoms with van der Waals surface area (Å²) in [5.74, 6) is -1.18. The molecule has 0 saturated carbocycles. The number of aliphatic hydroxyl groups excluding tert-OH is 1. The molecule has 0 aromatic heterocycles. The Hall–Kier alpha value is -3.27. The van der Waals surface area contributed by atoms with E-state index in [1.54, 1.807) is 27.9 Å². The van der Waals surface area contributed by atoms with E-state index in [1.165, 1.54) is 9.48 Å². The molecule has 0 fully saturated rings. The van der Waals surface area contributed by atoms with Crippen LogP contribution in [0.2, 0.25) is 0 Å². The van der Waals surface area contributed by atoms with E-state index < -0.39 is 23.5 Å². The van der Waals surface area contributed by atoms with E-state index in [0.29, 0.717) is 6.42 Å². The van der Waals surface area contributed by atoms with E-state index in [-0.39, 0.29) is 38.2 Å². The average molecular weight is 500 g/mol. The summed E-state index contributed by atoms with van der Waals surface area (Å²) in [7, 11) is 3.13. The summed E-state index contributed by atoms with van der Waals surface area (Å²) >= 11 is 0. The molecule has 9 heteroatoms. The molecule has 9 nitrogen and oxygen atoms in total. The van der Waals surface area contributed by atoms with Crippen LogP contribution in [0.1, 0.15) is 25.0 Å². The smallest absolute Gasteiger partial charge is 0.360 e. The lowest BCUT2D eigenvalue weighted by Crippen LogP contribution is -2.52. The van der Waals surface area contributed by atoms with Crippen molar-refractivity contribution in [3.05, 3.63) is 71.8 Å². The van der Waals surface area contributed by atoms with Crippen molar-refractivity contribution >= 4 is 17.7 Å². The van der Waals surface area contributed by atoms with Crippen LogP contribution in [0.15, 0.2) is 60.7 Å². The third-order valence-corrected chi connectivity index (χ3v) is 5.68. The van der Waals surface area contributed by atoms with Gasteiger partial charge in [-0.1, -0.05) is 60.7 Å². The first-order valence-corrected chi connectivity index (χ1v) is 11.9. The molecule has 0 aliphatic rings. The van der Waals surface area contributed by atoms with Crippen LogP contribution < -0.4 is 11.5 Å². The zero-order valence-electron chi connectivity index (χ0n) is 21.6. The van der Waals surface area contributed by atoms with Crippen LogP contribution in [-0.2, 0) is 32.1 Å². The first-order chi connectivity index (χ1) is 17.0. The van der Waals surface area contributed by atoms with Gasteiger partial charge >= 0.3 is 5.90 Å². The molecule has 5 N–H and O–H groups in total. The third-order valence-electron chi connectivity index (χ3n) is 5.68. The van der Waals surface area contributed by atoms with E-state index >= 15 is 0 Å². The highest BCUT2D eigenvalue weighted by Crippen LogP contribution is 2.10. The van der Waals surface area contributed by atoms with Gasteiger partial charge in [-0.2, -0.15) is 4.58 Å². The van der Waals surface area contributed by atoms with Crippen LogP contribution >= 0.6 is 0 Å². The first-order valence-electron chi connectivity index (χ1n) is 11.9. The third kappa shape index (κ3) is 9.41. The molecule has 0 aliphatic carbocycles. The fourth-order valence-corrected chi connectivity index (χ4v) is 3.56. The van der Waals surface area contributed by atoms with Crippen molar-refractivity contribution in [2.45, 2.75) is 44.5 Å². The number of hydrogen-bond donors (Lipinski definition) is 3. The number of nitrogens with two attached hydrogens (primary N) is 2. The molecule has 0 radical (unpaired) electrons. The molecule has 0 aliphatic heterocycles. The SMILES string of the molecule is CN(C(=O)COCC(C)(C)N)C(COCc1ccccc1)C(O)=[N+](C)C(Cc1ccccc1)C(N)=O. The summed E-state index contributed by atoms with van der Waals surface area (Å²) in [6.07, 6.45) is 0.292. The molecule has 2 aromatic rings. The predicted octanol–water partition coefficient (Wildman–Crippen LogP) is 1.48. The van der Waals surface area contributed by atoms with Crippen molar-refractivity contribution in [1.82, 2.24) is 4.90 Å². The molecular weight excluding hydrogens is 460 g/mol. The lowest BCUT2D eigenvalue weighted by molar-refractivity contribution is -0.533. The van der Waals surface area contributed by atoms with Gasteiger partial charge in [0.1, 0.15) is 13.7 Å². The lowest BCUT2D eigenvalue weighted by Gasteiger charge is -2.27. The number of ether oxygens (including phenoxy) is 2. The molecule has 2 amide bonds. The molecule has 2 rings (SSSR count). The van der Waals surface area contributed by atoms with Crippen molar-refractivity contribution in [3.8, 4) is 0 Å². The quantitative estimate of drug-likeness (QED) is 0.205. The summed E-state index contributed by atoms with van der Waals surface area (Å²) in [5.41, 5.74) is 12.9. The molecule has 2 atom stereocenters. The first kappa shape index (κ1) is 29.0. The zero-order valence-corrected chi connectivity index (χ0v) is 21.6. The van der Waals surface area contributed by atoms with Crippen LogP contribution in [-0.4, -0.2) is 83.8 Å². The molecule has 0 bridgehead atoms. The van der Waals surface area contributed by atoms with Gasteiger partial charge in [0.25, 0.3) is 5.91 Å². The van der Waals surface area contributed by atoms with E-state index in [0.717, 1.165) is 11.1 Å². The van der Waals surface area contributed by atoms with Crippen LogP contribution in [0, 0.1) is 0 Å². The lowest BCUT2D eigenvalue weighted by atomic mass is 10.0. The summed E-state index contributed by atoms with van der Waals surface area (Å²) in [4.78, 5) is 26.6. The van der Waals surface area contributed by atoms with Gasteiger partial charge < -0.3 is 30.9 Å². The number of primary amides is 1. The zero-order chi connectivity index (χ0) is 26.7. The maximum Gasteiger partial charge on any atom is 0.360 e. The molecule has 196 valence electrons. The van der Waals surface area contributed by atoms with E-state index in [1.807, 2.05) is 60.7 Å². The minimum atomic E-state index is -0.877. The molecule has 0 saturated heterocycles. The minimum absolute atomic E-state index is 0.00743. The number of carbonyl (C=O) groups excluding carboxylic acids is 2. The highest BCUT2D eigenvalue weighted by Gasteiger charge is 2.36. The van der Waals surface area contributed by atoms with Crippen LogP contribution in [0.25, 0.3) is 0 Å². The second-order valence-electron chi connectivity index (χ2n) is 9.58. The van der Waals surface area contributed by atoms with Crippen molar-refractivity contribution < 1.29 is 28.7 Å². The van der Waals surface area contributed by atoms with Gasteiger partial charge in [-0.3, -0.25) is 9.59 Å². The largest absolute Gasteiger partial charge is 0.462 e. The maximum absolute atomic E-state index is 12.9. The normalized spacial score (nSPS) is 14.0. The summed E-state index contributed by atoms with van der Waals surface area (Å²) < 4.78 is 12.7. The molecule has 0 spiro atoms. The van der Waals surface area contributed by atoms with E-state index in [2.05, 4.69) is 0 Å². The Bertz CT molecular complexity index is 1010. The maximum atomic E-state index is 12.9. The number of benzene rings is 2. The van der Waals surface area contributed by atoms with Crippen molar-refractivity contribution in [3.63, 3.8) is 0 Å². The number of likely N-dealkylation sites (N-methyl/N-ethyl adjacent to an activating group) is 2. The fraction of sp³-hybridized carbons (Fsp3) is 0.444. The monoisotopic (exact) mass is 499 g/mol. The second-order valence-corrected chi connectivity index (χ2v) is 9.58. The van der Waals surface area contributed by atoms with Gasteiger partial charge in [0.05, 0.1) is 19.8 Å². The Kier molecular flexibility index (Phi) is 11.0. The van der Waals surface area contributed by atoms with Crippen molar-refractivity contribution in [2.75, 3.05) is 33.9 Å². The molecular formula is C27H39N4O5+. The standard InChI is InChI=1S/C27H38N4O5/c1-27(2,29)19-36-18-24(32)30(3)23(17-35-16-21-13-9-6-10-14-21)26(34)31(4)22(25(28)33)15-20-11-7-5-8-12-20/h5-14,22-23H,15-19,29H2,1-4H3,(H2,28,33)/p+1. The van der Waals surface area contributed by atoms with Crippen LogP contribution in [0.4, 0.5) is 0 Å². The Morgan fingerprint density at radius 2 is 1.58 bits per heavy atom. The molecule has 2 aromatic carbocycles. The van der Waals surface area contributed by atoms with Gasteiger partial charge in [0.2, 0.25) is 11.9 Å². The summed E-state index contributed by atoms with van der Waals surface area (Å²) in [6, 6.07) is 17.2. The van der Waals surface area contributed by atoms with Gasteiger partial charge in [-0.15, -0.1) is 0 Å². The Morgan fingerprint density at radius 1 is 1.03 bits per heavy atom. The summed E-state index contributed by atoms with van der Waals surface area (Å²) in [5, 5.41) is 11.2. The number of carbonyl (C=O) groups is 2. The number of aliphatic hydroxyl groups is 1. The highest BCUT2D eigenvalue weighted by atomic mass is 16.5. The Balaban J connectivity index is 2.25. The fourth-order valence-electron chi connectivity index (χ4n) is 3.56. The topological polar surface area (TPSA) is 131 Å². The van der Waals surface area contributed by atoms with Crippen LogP contribution in [0.5, 0.6) is 0 Å². The number of rotatable bonds is 14. The average Bonchev–Trinajstić information content (AvgIpc) is 2.84. The van der Waals surface area contributed by atoms with Gasteiger partial charge in [0.15, 0.2) is 6.04 Å². The second kappa shape index (κ2) is 13.7. The Morgan fingerprint density at radius 3 is 2.11 bits per heavy atom. The number of nitrogens with zero attached hydrogens (tertiary/aromatic N) is 2. The van der Waals surface area contributed by atoms with Crippen LogP contribution in [0.3, 0.4) is 0 Å². The minimum Gasteiger partial charge on any atom is -0.462 e. The summed E-state index contributed by atoms with van der Waals surface area (Å²) in [6.45, 7) is 3.86. The van der Waals surface area contributed by atoms with Crippen molar-refractivity contribution in [1.29, 1.82) is 0 Å². The number of hydrogen-bond acceptors (Lipinski definition) is 5. The molecule has 2 unspecified atom stereocenters.